The van der Waals surface area contributed by atoms with Crippen LogP contribution in [0.3, 0.4) is 0 Å². The van der Waals surface area contributed by atoms with Gasteiger partial charge in [-0.25, -0.2) is 0 Å². The van der Waals surface area contributed by atoms with Crippen LogP contribution < -0.4 is 5.32 Å². The first-order chi connectivity index (χ1) is 7.27. The predicted octanol–water partition coefficient (Wildman–Crippen LogP) is 2.13. The first kappa shape index (κ1) is 12.2. The van der Waals surface area contributed by atoms with Crippen molar-refractivity contribution in [2.75, 3.05) is 6.54 Å². The van der Waals surface area contributed by atoms with Crippen molar-refractivity contribution in [2.24, 2.45) is 7.05 Å². The molecule has 0 bridgehead atoms. The van der Waals surface area contributed by atoms with Crippen molar-refractivity contribution in [1.82, 2.24) is 15.1 Å². The molecule has 0 fully saturated rings. The molecule has 1 aromatic rings. The zero-order chi connectivity index (χ0) is 11.1. The number of nitrogens with one attached hydrogen (secondary N) is 1. The van der Waals surface area contributed by atoms with Gasteiger partial charge in [0, 0.05) is 25.0 Å². The van der Waals surface area contributed by atoms with Crippen molar-refractivity contribution in [3.63, 3.8) is 0 Å². The summed E-state index contributed by atoms with van der Waals surface area (Å²) in [4.78, 5) is 0. The summed E-state index contributed by atoms with van der Waals surface area (Å²) in [6.07, 6.45) is 6.72. The van der Waals surface area contributed by atoms with E-state index >= 15 is 0 Å². The van der Waals surface area contributed by atoms with Gasteiger partial charge in [-0.2, -0.15) is 5.10 Å². The van der Waals surface area contributed by atoms with E-state index in [-0.39, 0.29) is 0 Å². The lowest BCUT2D eigenvalue weighted by atomic mass is 10.0. The third-order valence-electron chi connectivity index (χ3n) is 2.80. The maximum Gasteiger partial charge on any atom is 0.0492 e. The zero-order valence-corrected chi connectivity index (χ0v) is 10.2. The highest BCUT2D eigenvalue weighted by Crippen LogP contribution is 2.07. The van der Waals surface area contributed by atoms with Crippen LogP contribution in [0.1, 0.15) is 38.8 Å². The molecule has 0 spiro atoms. The monoisotopic (exact) mass is 209 g/mol. The minimum atomic E-state index is 0.662. The van der Waals surface area contributed by atoms with E-state index in [4.69, 9.17) is 0 Å². The Morgan fingerprint density at radius 3 is 2.73 bits per heavy atom. The Morgan fingerprint density at radius 1 is 1.40 bits per heavy atom. The molecule has 0 aliphatic carbocycles. The van der Waals surface area contributed by atoms with Gasteiger partial charge in [0.1, 0.15) is 0 Å². The highest BCUT2D eigenvalue weighted by molar-refractivity contribution is 5.00. The molecule has 0 saturated heterocycles. The normalized spacial score (nSPS) is 13.0. The molecular weight excluding hydrogens is 186 g/mol. The van der Waals surface area contributed by atoms with E-state index < -0.39 is 0 Å². The van der Waals surface area contributed by atoms with Crippen molar-refractivity contribution in [3.05, 3.63) is 18.0 Å². The number of aromatic nitrogens is 2. The minimum absolute atomic E-state index is 0.662. The van der Waals surface area contributed by atoms with E-state index in [0.29, 0.717) is 6.04 Å². The quantitative estimate of drug-likeness (QED) is 0.745. The first-order valence-electron chi connectivity index (χ1n) is 5.98. The number of hydrogen-bond acceptors (Lipinski definition) is 2. The molecule has 3 heteroatoms. The standard InChI is InChI=1S/C12H23N3/c1-4-6-11(13-5-2)7-8-12-9-10-14-15(12)3/h9-11,13H,4-8H2,1-3H3. The van der Waals surface area contributed by atoms with E-state index in [1.807, 2.05) is 17.9 Å². The summed E-state index contributed by atoms with van der Waals surface area (Å²) in [7, 11) is 2.01. The van der Waals surface area contributed by atoms with E-state index in [1.54, 1.807) is 0 Å². The topological polar surface area (TPSA) is 29.9 Å². The molecule has 1 aromatic heterocycles. The van der Waals surface area contributed by atoms with Crippen LogP contribution in [0.2, 0.25) is 0 Å². The summed E-state index contributed by atoms with van der Waals surface area (Å²) < 4.78 is 1.97. The summed E-state index contributed by atoms with van der Waals surface area (Å²) in [6.45, 7) is 5.48. The average molecular weight is 209 g/mol. The molecule has 0 saturated carbocycles. The van der Waals surface area contributed by atoms with Gasteiger partial charge >= 0.3 is 0 Å². The van der Waals surface area contributed by atoms with Gasteiger partial charge in [0.15, 0.2) is 0 Å². The van der Waals surface area contributed by atoms with Crippen LogP contribution in [0.25, 0.3) is 0 Å². The van der Waals surface area contributed by atoms with Crippen LogP contribution in [0.4, 0.5) is 0 Å². The van der Waals surface area contributed by atoms with Crippen molar-refractivity contribution >= 4 is 0 Å². The van der Waals surface area contributed by atoms with Crippen molar-refractivity contribution in [2.45, 2.75) is 45.6 Å². The van der Waals surface area contributed by atoms with Crippen LogP contribution in [0.5, 0.6) is 0 Å². The molecule has 1 atom stereocenters. The van der Waals surface area contributed by atoms with Crippen LogP contribution in [-0.2, 0) is 13.5 Å². The summed E-state index contributed by atoms with van der Waals surface area (Å²) in [5, 5.41) is 7.72. The molecule has 3 nitrogen and oxygen atoms in total. The van der Waals surface area contributed by atoms with Gasteiger partial charge < -0.3 is 5.32 Å². The van der Waals surface area contributed by atoms with Crippen LogP contribution in [-0.4, -0.2) is 22.4 Å². The number of aryl methyl sites for hydroxylation is 2. The van der Waals surface area contributed by atoms with Gasteiger partial charge in [0.2, 0.25) is 0 Å². The molecule has 15 heavy (non-hydrogen) atoms. The molecule has 1 rings (SSSR count). The smallest absolute Gasteiger partial charge is 0.0492 e. The van der Waals surface area contributed by atoms with Gasteiger partial charge in [-0.3, -0.25) is 4.68 Å². The highest BCUT2D eigenvalue weighted by Gasteiger charge is 2.07. The van der Waals surface area contributed by atoms with Gasteiger partial charge in [-0.15, -0.1) is 0 Å². The SMILES string of the molecule is CCCC(CCc1ccnn1C)NCC. The molecule has 0 aromatic carbocycles. The van der Waals surface area contributed by atoms with Crippen molar-refractivity contribution in [1.29, 1.82) is 0 Å². The Labute approximate surface area is 92.9 Å². The van der Waals surface area contributed by atoms with Crippen molar-refractivity contribution < 1.29 is 0 Å². The molecule has 1 N–H and O–H groups in total. The number of hydrogen-bond donors (Lipinski definition) is 1. The molecule has 0 radical (unpaired) electrons. The second-order valence-electron chi connectivity index (χ2n) is 4.03. The molecule has 1 heterocycles. The Kier molecular flexibility index (Phi) is 5.40. The minimum Gasteiger partial charge on any atom is -0.314 e. The summed E-state index contributed by atoms with van der Waals surface area (Å²) in [6, 6.07) is 2.77. The third-order valence-corrected chi connectivity index (χ3v) is 2.80. The van der Waals surface area contributed by atoms with E-state index in [2.05, 4.69) is 30.3 Å². The fourth-order valence-electron chi connectivity index (χ4n) is 1.95. The Morgan fingerprint density at radius 2 is 2.20 bits per heavy atom. The van der Waals surface area contributed by atoms with Gasteiger partial charge in [-0.05, 0) is 31.9 Å². The number of nitrogens with zero attached hydrogens (tertiary/aromatic N) is 2. The fourth-order valence-corrected chi connectivity index (χ4v) is 1.95. The third kappa shape index (κ3) is 4.04. The second kappa shape index (κ2) is 6.62. The molecule has 0 aliphatic heterocycles. The highest BCUT2D eigenvalue weighted by atomic mass is 15.2. The maximum atomic E-state index is 4.18. The van der Waals surface area contributed by atoms with Gasteiger partial charge in [0.05, 0.1) is 0 Å². The molecule has 0 aliphatic rings. The van der Waals surface area contributed by atoms with Gasteiger partial charge in [-0.1, -0.05) is 20.3 Å². The largest absolute Gasteiger partial charge is 0.314 e. The maximum absolute atomic E-state index is 4.18. The molecule has 1 unspecified atom stereocenters. The van der Waals surface area contributed by atoms with Crippen LogP contribution in [0.15, 0.2) is 12.3 Å². The average Bonchev–Trinajstić information content (AvgIpc) is 2.61. The summed E-state index contributed by atoms with van der Waals surface area (Å²) >= 11 is 0. The Balaban J connectivity index is 2.36. The number of rotatable bonds is 7. The fraction of sp³-hybridized carbons (Fsp3) is 0.750. The molecule has 0 amide bonds. The predicted molar refractivity (Wildman–Crippen MR) is 63.9 cm³/mol. The van der Waals surface area contributed by atoms with Crippen molar-refractivity contribution in [3.8, 4) is 0 Å². The van der Waals surface area contributed by atoms with Crippen LogP contribution in [0, 0.1) is 0 Å². The zero-order valence-electron chi connectivity index (χ0n) is 10.2. The molecule has 86 valence electrons. The second-order valence-corrected chi connectivity index (χ2v) is 4.03. The molecular formula is C12H23N3. The lowest BCUT2D eigenvalue weighted by molar-refractivity contribution is 0.454. The Hall–Kier alpha value is -0.830. The lowest BCUT2D eigenvalue weighted by Crippen LogP contribution is -2.29. The van der Waals surface area contributed by atoms with E-state index in [9.17, 15) is 0 Å². The van der Waals surface area contributed by atoms with Gasteiger partial charge in [0.25, 0.3) is 0 Å². The Bertz CT molecular complexity index is 262. The van der Waals surface area contributed by atoms with E-state index in [0.717, 1.165) is 13.0 Å². The lowest BCUT2D eigenvalue weighted by Gasteiger charge is -2.16. The first-order valence-corrected chi connectivity index (χ1v) is 5.98. The summed E-state index contributed by atoms with van der Waals surface area (Å²) in [5.74, 6) is 0. The van der Waals surface area contributed by atoms with E-state index in [1.165, 1.54) is 25.0 Å². The summed E-state index contributed by atoms with van der Waals surface area (Å²) in [5.41, 5.74) is 1.33. The van der Waals surface area contributed by atoms with Crippen LogP contribution >= 0.6 is 0 Å².